The van der Waals surface area contributed by atoms with Crippen LogP contribution in [-0.2, 0) is 4.74 Å². The van der Waals surface area contributed by atoms with E-state index >= 15 is 0 Å². The number of nitrogens with two attached hydrogens (primary N) is 1. The highest BCUT2D eigenvalue weighted by molar-refractivity contribution is 5.51. The Morgan fingerprint density at radius 2 is 2.35 bits per heavy atom. The number of ether oxygens (including phenoxy) is 2. The van der Waals surface area contributed by atoms with Crippen molar-refractivity contribution in [3.63, 3.8) is 0 Å². The fraction of sp³-hybridized carbons (Fsp3) is 0.500. The van der Waals surface area contributed by atoms with Crippen LogP contribution >= 0.6 is 0 Å². The summed E-state index contributed by atoms with van der Waals surface area (Å²) >= 11 is 0. The predicted octanol–water partition coefficient (Wildman–Crippen LogP) is 0.233. The van der Waals surface area contributed by atoms with E-state index in [4.69, 9.17) is 20.5 Å². The summed E-state index contributed by atoms with van der Waals surface area (Å²) in [7, 11) is 0. The van der Waals surface area contributed by atoms with Gasteiger partial charge in [0.15, 0.2) is 6.10 Å². The molecule has 1 saturated heterocycles. The first-order valence-corrected chi connectivity index (χ1v) is 6.58. The summed E-state index contributed by atoms with van der Waals surface area (Å²) in [5, 5.41) is 18.8. The second kappa shape index (κ2) is 7.10. The smallest absolute Gasteiger partial charge is 0.156 e. The number of benzene rings is 1. The Hall–Kier alpha value is -1.81. The molecule has 0 radical (unpaired) electrons. The summed E-state index contributed by atoms with van der Waals surface area (Å²) in [6.07, 6.45) is -1.05. The van der Waals surface area contributed by atoms with E-state index in [0.29, 0.717) is 37.7 Å². The Kier molecular flexibility index (Phi) is 5.18. The number of morpholine rings is 1. The molecule has 1 aliphatic heterocycles. The van der Waals surface area contributed by atoms with Crippen LogP contribution in [0.1, 0.15) is 0 Å². The van der Waals surface area contributed by atoms with Crippen LogP contribution in [0.15, 0.2) is 24.3 Å². The number of nitrogens with zero attached hydrogens (tertiary/aromatic N) is 2. The molecule has 108 valence electrons. The molecule has 1 heterocycles. The fourth-order valence-corrected chi connectivity index (χ4v) is 2.10. The molecule has 2 rings (SSSR count). The maximum Gasteiger partial charge on any atom is 0.156 e. The Morgan fingerprint density at radius 3 is 3.10 bits per heavy atom. The van der Waals surface area contributed by atoms with Gasteiger partial charge >= 0.3 is 0 Å². The number of nitriles is 1. The molecule has 6 heteroatoms. The van der Waals surface area contributed by atoms with E-state index in [1.807, 2.05) is 17.0 Å². The molecule has 0 saturated carbocycles. The zero-order chi connectivity index (χ0) is 14.4. The van der Waals surface area contributed by atoms with Crippen LogP contribution in [0.4, 0.5) is 5.69 Å². The van der Waals surface area contributed by atoms with E-state index in [1.165, 1.54) is 0 Å². The summed E-state index contributed by atoms with van der Waals surface area (Å²) in [6, 6.07) is 9.26. The third kappa shape index (κ3) is 4.10. The molecular formula is C14H19N3O3. The quantitative estimate of drug-likeness (QED) is 0.749. The van der Waals surface area contributed by atoms with Gasteiger partial charge in [-0.05, 0) is 12.1 Å². The first kappa shape index (κ1) is 14.6. The third-order valence-corrected chi connectivity index (χ3v) is 3.11. The van der Waals surface area contributed by atoms with Crippen LogP contribution in [0.5, 0.6) is 5.75 Å². The van der Waals surface area contributed by atoms with Crippen molar-refractivity contribution in [1.29, 1.82) is 5.26 Å². The summed E-state index contributed by atoms with van der Waals surface area (Å²) in [5.74, 6) is 0.573. The minimum Gasteiger partial charge on any atom is -0.489 e. The van der Waals surface area contributed by atoms with E-state index in [9.17, 15) is 5.11 Å². The van der Waals surface area contributed by atoms with Crippen molar-refractivity contribution >= 4 is 5.69 Å². The van der Waals surface area contributed by atoms with Gasteiger partial charge in [0.05, 0.1) is 18.4 Å². The van der Waals surface area contributed by atoms with Gasteiger partial charge in [0.1, 0.15) is 18.5 Å². The van der Waals surface area contributed by atoms with Crippen molar-refractivity contribution in [3.05, 3.63) is 24.3 Å². The van der Waals surface area contributed by atoms with Gasteiger partial charge in [0.2, 0.25) is 0 Å². The van der Waals surface area contributed by atoms with Gasteiger partial charge in [-0.3, -0.25) is 4.90 Å². The van der Waals surface area contributed by atoms with Crippen molar-refractivity contribution in [1.82, 2.24) is 4.90 Å². The Labute approximate surface area is 118 Å². The molecule has 1 aromatic rings. The average molecular weight is 277 g/mol. The Bertz CT molecular complexity index is 475. The molecule has 0 aromatic heterocycles. The van der Waals surface area contributed by atoms with E-state index in [1.54, 1.807) is 12.1 Å². The summed E-state index contributed by atoms with van der Waals surface area (Å²) < 4.78 is 10.7. The molecule has 0 aliphatic carbocycles. The molecule has 0 spiro atoms. The van der Waals surface area contributed by atoms with Gasteiger partial charge in [-0.25, -0.2) is 0 Å². The van der Waals surface area contributed by atoms with E-state index in [0.717, 1.165) is 0 Å². The van der Waals surface area contributed by atoms with Gasteiger partial charge in [-0.1, -0.05) is 12.1 Å². The minimum absolute atomic E-state index is 0.169. The Morgan fingerprint density at radius 1 is 1.55 bits per heavy atom. The number of hydrogen-bond donors (Lipinski definition) is 2. The number of nitrogen functional groups attached to an aromatic ring is 1. The number of aliphatic hydroxyl groups excluding tert-OH is 1. The fourth-order valence-electron chi connectivity index (χ4n) is 2.10. The predicted molar refractivity (Wildman–Crippen MR) is 74.1 cm³/mol. The van der Waals surface area contributed by atoms with Crippen LogP contribution in [0.2, 0.25) is 0 Å². The molecule has 0 amide bonds. The molecule has 2 unspecified atom stereocenters. The van der Waals surface area contributed by atoms with Crippen molar-refractivity contribution in [2.45, 2.75) is 12.2 Å². The van der Waals surface area contributed by atoms with Crippen molar-refractivity contribution < 1.29 is 14.6 Å². The first-order valence-electron chi connectivity index (χ1n) is 6.58. The second-order valence-electron chi connectivity index (χ2n) is 4.75. The van der Waals surface area contributed by atoms with E-state index in [2.05, 4.69) is 6.07 Å². The summed E-state index contributed by atoms with van der Waals surface area (Å²) in [6.45, 7) is 2.36. The third-order valence-electron chi connectivity index (χ3n) is 3.11. The molecule has 20 heavy (non-hydrogen) atoms. The number of anilines is 1. The van der Waals surface area contributed by atoms with Crippen LogP contribution in [0, 0.1) is 11.3 Å². The number of β-amino-alcohol motifs (C(OH)–C–C–N with tert-alkyl or cyclic N) is 1. The van der Waals surface area contributed by atoms with E-state index < -0.39 is 12.2 Å². The highest BCUT2D eigenvalue weighted by atomic mass is 16.5. The van der Waals surface area contributed by atoms with Crippen molar-refractivity contribution in [2.24, 2.45) is 0 Å². The van der Waals surface area contributed by atoms with Gasteiger partial charge in [-0.15, -0.1) is 0 Å². The lowest BCUT2D eigenvalue weighted by Gasteiger charge is -2.31. The van der Waals surface area contributed by atoms with Crippen molar-refractivity contribution in [3.8, 4) is 11.8 Å². The van der Waals surface area contributed by atoms with E-state index in [-0.39, 0.29) is 6.61 Å². The summed E-state index contributed by atoms with van der Waals surface area (Å²) in [4.78, 5) is 2.00. The molecule has 2 atom stereocenters. The van der Waals surface area contributed by atoms with Crippen LogP contribution in [0.25, 0.3) is 0 Å². The van der Waals surface area contributed by atoms with Gasteiger partial charge in [0, 0.05) is 19.6 Å². The largest absolute Gasteiger partial charge is 0.489 e. The molecule has 1 aliphatic rings. The monoisotopic (exact) mass is 277 g/mol. The molecule has 0 bridgehead atoms. The van der Waals surface area contributed by atoms with Crippen LogP contribution in [-0.4, -0.2) is 55.1 Å². The molecule has 1 aromatic carbocycles. The highest BCUT2D eigenvalue weighted by Gasteiger charge is 2.22. The maximum atomic E-state index is 9.98. The topological polar surface area (TPSA) is 91.7 Å². The second-order valence-corrected chi connectivity index (χ2v) is 4.75. The summed E-state index contributed by atoms with van der Waals surface area (Å²) in [5.41, 5.74) is 6.31. The average Bonchev–Trinajstić information content (AvgIpc) is 2.46. The highest BCUT2D eigenvalue weighted by Crippen LogP contribution is 2.19. The van der Waals surface area contributed by atoms with Gasteiger partial charge in [0.25, 0.3) is 0 Å². The Balaban J connectivity index is 1.77. The number of para-hydroxylation sites is 2. The molecule has 1 fully saturated rings. The zero-order valence-corrected chi connectivity index (χ0v) is 11.2. The minimum atomic E-state index is -0.632. The maximum absolute atomic E-state index is 9.98. The van der Waals surface area contributed by atoms with Gasteiger partial charge < -0.3 is 20.3 Å². The number of aliphatic hydroxyl groups is 1. The van der Waals surface area contributed by atoms with Crippen LogP contribution in [0.3, 0.4) is 0 Å². The number of rotatable bonds is 5. The molecule has 6 nitrogen and oxygen atoms in total. The first-order chi connectivity index (χ1) is 9.69. The normalized spacial score (nSPS) is 21.1. The van der Waals surface area contributed by atoms with Gasteiger partial charge in [-0.2, -0.15) is 5.26 Å². The lowest BCUT2D eigenvalue weighted by Crippen LogP contribution is -2.46. The molecule has 3 N–H and O–H groups in total. The van der Waals surface area contributed by atoms with Crippen LogP contribution < -0.4 is 10.5 Å². The van der Waals surface area contributed by atoms with Crippen molar-refractivity contribution in [2.75, 3.05) is 38.6 Å². The lowest BCUT2D eigenvalue weighted by molar-refractivity contribution is -0.0215. The standard InChI is InChI=1S/C14H19N3O3/c15-7-12-9-17(5-6-19-12)8-11(18)10-20-14-4-2-1-3-13(14)16/h1-4,11-12,18H,5-6,8-10,16H2. The lowest BCUT2D eigenvalue weighted by atomic mass is 10.2. The number of hydrogen-bond acceptors (Lipinski definition) is 6. The SMILES string of the molecule is N#CC1CN(CC(O)COc2ccccc2N)CCO1. The zero-order valence-electron chi connectivity index (χ0n) is 11.2. The molecular weight excluding hydrogens is 258 g/mol.